The zero-order chi connectivity index (χ0) is 20.7. The number of benzene rings is 1. The lowest BCUT2D eigenvalue weighted by Crippen LogP contribution is -2.34. The maximum absolute atomic E-state index is 12.3. The van der Waals surface area contributed by atoms with E-state index in [2.05, 4.69) is 4.72 Å². The number of hydrogen-bond donors (Lipinski definition) is 1. The lowest BCUT2D eigenvalue weighted by molar-refractivity contribution is -0.153. The van der Waals surface area contributed by atoms with Crippen LogP contribution in [-0.4, -0.2) is 45.4 Å². The van der Waals surface area contributed by atoms with E-state index in [0.717, 1.165) is 0 Å². The molecule has 0 aliphatic carbocycles. The molecule has 150 valence electrons. The molecule has 0 saturated carbocycles. The van der Waals surface area contributed by atoms with Gasteiger partial charge in [0.2, 0.25) is 10.0 Å². The van der Waals surface area contributed by atoms with E-state index in [1.807, 2.05) is 0 Å². The third-order valence-corrected chi connectivity index (χ3v) is 5.12. The van der Waals surface area contributed by atoms with Gasteiger partial charge in [-0.3, -0.25) is 4.79 Å². The Hall–Kier alpha value is -2.91. The van der Waals surface area contributed by atoms with Crippen molar-refractivity contribution in [2.24, 2.45) is 0 Å². The zero-order valence-corrected chi connectivity index (χ0v) is 16.6. The summed E-state index contributed by atoms with van der Waals surface area (Å²) in [6.07, 6.45) is 3.23. The molecule has 0 aliphatic rings. The molecule has 0 fully saturated rings. The van der Waals surface area contributed by atoms with Crippen LogP contribution in [0.25, 0.3) is 6.08 Å². The average Bonchev–Trinajstić information content (AvgIpc) is 3.18. The lowest BCUT2D eigenvalue weighted by Gasteiger charge is -2.16. The van der Waals surface area contributed by atoms with Gasteiger partial charge in [-0.1, -0.05) is 12.1 Å². The molecule has 0 unspecified atom stereocenters. The maximum Gasteiger partial charge on any atom is 0.331 e. The summed E-state index contributed by atoms with van der Waals surface area (Å²) in [5, 5.41) is 0. The first kappa shape index (κ1) is 21.4. The van der Waals surface area contributed by atoms with Crippen LogP contribution in [0.4, 0.5) is 0 Å². The first-order valence-corrected chi connectivity index (χ1v) is 9.89. The van der Waals surface area contributed by atoms with Crippen molar-refractivity contribution in [3.8, 4) is 0 Å². The third kappa shape index (κ3) is 6.07. The molecule has 0 saturated heterocycles. The highest BCUT2D eigenvalue weighted by atomic mass is 32.2. The Kier molecular flexibility index (Phi) is 7.13. The van der Waals surface area contributed by atoms with E-state index >= 15 is 0 Å². The molecule has 9 heteroatoms. The van der Waals surface area contributed by atoms with Gasteiger partial charge in [-0.25, -0.2) is 17.9 Å². The van der Waals surface area contributed by atoms with E-state index in [1.54, 1.807) is 38.4 Å². The first-order chi connectivity index (χ1) is 13.2. The predicted molar refractivity (Wildman–Crippen MR) is 102 cm³/mol. The lowest BCUT2D eigenvalue weighted by atomic mass is 10.2. The molecular formula is C19H22N2O6S. The van der Waals surface area contributed by atoms with E-state index in [-0.39, 0.29) is 17.3 Å². The van der Waals surface area contributed by atoms with E-state index in [9.17, 15) is 18.0 Å². The van der Waals surface area contributed by atoms with Crippen LogP contribution in [0.15, 0.2) is 58.1 Å². The highest BCUT2D eigenvalue weighted by molar-refractivity contribution is 7.89. The molecule has 28 heavy (non-hydrogen) atoms. The molecule has 0 aliphatic heterocycles. The number of rotatable bonds is 8. The molecule has 0 radical (unpaired) electrons. The summed E-state index contributed by atoms with van der Waals surface area (Å²) in [6.45, 7) is 1.54. The van der Waals surface area contributed by atoms with Crippen LogP contribution in [0.5, 0.6) is 0 Å². The Morgan fingerprint density at radius 1 is 1.21 bits per heavy atom. The number of amides is 1. The Morgan fingerprint density at radius 2 is 1.89 bits per heavy atom. The Bertz CT molecular complexity index is 931. The van der Waals surface area contributed by atoms with Crippen LogP contribution in [0.2, 0.25) is 0 Å². The average molecular weight is 406 g/mol. The zero-order valence-electron chi connectivity index (χ0n) is 15.8. The monoisotopic (exact) mass is 406 g/mol. The quantitative estimate of drug-likeness (QED) is 0.529. The molecule has 2 aromatic rings. The predicted octanol–water partition coefficient (Wildman–Crippen LogP) is 1.79. The molecule has 0 bridgehead atoms. The Labute approximate surface area is 163 Å². The number of furan rings is 1. The normalized spacial score (nSPS) is 12.7. The van der Waals surface area contributed by atoms with Crippen molar-refractivity contribution in [2.45, 2.75) is 24.5 Å². The number of carbonyl (C=O) groups is 2. The molecule has 8 nitrogen and oxygen atoms in total. The first-order valence-electron chi connectivity index (χ1n) is 8.41. The SMILES string of the molecule is C[C@@H](OC(=O)/C=C/c1ccc(S(=O)(=O)NCc2ccco2)cc1)C(=O)N(C)C. The number of ether oxygens (including phenoxy) is 1. The second-order valence-electron chi connectivity index (χ2n) is 6.12. The number of sulfonamides is 1. The summed E-state index contributed by atoms with van der Waals surface area (Å²) < 4.78 is 37.1. The van der Waals surface area contributed by atoms with Gasteiger partial charge in [0.15, 0.2) is 6.10 Å². The minimum atomic E-state index is -3.69. The molecule has 0 spiro atoms. The number of likely N-dealkylation sites (N-methyl/N-ethyl adjacent to an activating group) is 1. The summed E-state index contributed by atoms with van der Waals surface area (Å²) >= 11 is 0. The van der Waals surface area contributed by atoms with E-state index in [0.29, 0.717) is 11.3 Å². The maximum atomic E-state index is 12.3. The van der Waals surface area contributed by atoms with Crippen LogP contribution < -0.4 is 4.72 Å². The Balaban J connectivity index is 1.95. The molecular weight excluding hydrogens is 384 g/mol. The summed E-state index contributed by atoms with van der Waals surface area (Å²) in [6, 6.07) is 9.30. The van der Waals surface area contributed by atoms with Gasteiger partial charge >= 0.3 is 5.97 Å². The van der Waals surface area contributed by atoms with Crippen molar-refractivity contribution in [3.05, 3.63) is 60.1 Å². The summed E-state index contributed by atoms with van der Waals surface area (Å²) in [7, 11) is -0.544. The highest BCUT2D eigenvalue weighted by Gasteiger charge is 2.18. The molecule has 1 atom stereocenters. The van der Waals surface area contributed by atoms with Gasteiger partial charge in [-0.2, -0.15) is 0 Å². The molecule has 1 heterocycles. The second-order valence-corrected chi connectivity index (χ2v) is 7.89. The van der Waals surface area contributed by atoms with Gasteiger partial charge in [0, 0.05) is 20.2 Å². The van der Waals surface area contributed by atoms with Gasteiger partial charge in [-0.15, -0.1) is 0 Å². The largest absolute Gasteiger partial charge is 0.468 e. The van der Waals surface area contributed by atoms with Crippen molar-refractivity contribution in [2.75, 3.05) is 14.1 Å². The fourth-order valence-electron chi connectivity index (χ4n) is 2.21. The van der Waals surface area contributed by atoms with Crippen molar-refractivity contribution in [1.29, 1.82) is 0 Å². The number of carbonyl (C=O) groups excluding carboxylic acids is 2. The van der Waals surface area contributed by atoms with Crippen LogP contribution in [0.3, 0.4) is 0 Å². The topological polar surface area (TPSA) is 106 Å². The fourth-order valence-corrected chi connectivity index (χ4v) is 3.21. The van der Waals surface area contributed by atoms with E-state index < -0.39 is 22.1 Å². The second kappa shape index (κ2) is 9.34. The molecule has 1 amide bonds. The van der Waals surface area contributed by atoms with Gasteiger partial charge < -0.3 is 14.1 Å². The molecule has 2 rings (SSSR count). The van der Waals surface area contributed by atoms with Gasteiger partial charge in [0.1, 0.15) is 5.76 Å². The smallest absolute Gasteiger partial charge is 0.331 e. The molecule has 1 aromatic heterocycles. The van der Waals surface area contributed by atoms with Gasteiger partial charge in [0.25, 0.3) is 5.91 Å². The van der Waals surface area contributed by atoms with Crippen LogP contribution in [0.1, 0.15) is 18.2 Å². The van der Waals surface area contributed by atoms with Crippen molar-refractivity contribution < 1.29 is 27.2 Å². The van der Waals surface area contributed by atoms with Crippen LogP contribution >= 0.6 is 0 Å². The highest BCUT2D eigenvalue weighted by Crippen LogP contribution is 2.13. The Morgan fingerprint density at radius 3 is 2.46 bits per heavy atom. The summed E-state index contributed by atoms with van der Waals surface area (Å²) in [5.74, 6) is -0.485. The molecule has 1 N–H and O–H groups in total. The van der Waals surface area contributed by atoms with Crippen molar-refractivity contribution in [1.82, 2.24) is 9.62 Å². The van der Waals surface area contributed by atoms with Crippen LogP contribution in [-0.2, 0) is 30.9 Å². The number of nitrogens with one attached hydrogen (secondary N) is 1. The number of nitrogens with zero attached hydrogens (tertiary/aromatic N) is 1. The van der Waals surface area contributed by atoms with E-state index in [4.69, 9.17) is 9.15 Å². The minimum absolute atomic E-state index is 0.0483. The standard InChI is InChI=1S/C19H22N2O6S/c1-14(19(23)21(2)3)27-18(22)11-8-15-6-9-17(10-7-15)28(24,25)20-13-16-5-4-12-26-16/h4-12,14,20H,13H2,1-3H3/b11-8+/t14-/m1/s1. The minimum Gasteiger partial charge on any atom is -0.468 e. The third-order valence-electron chi connectivity index (χ3n) is 3.70. The summed E-state index contributed by atoms with van der Waals surface area (Å²) in [5.41, 5.74) is 0.605. The fraction of sp³-hybridized carbons (Fsp3) is 0.263. The molecule has 1 aromatic carbocycles. The number of esters is 1. The van der Waals surface area contributed by atoms with E-state index in [1.165, 1.54) is 42.4 Å². The van der Waals surface area contributed by atoms with Gasteiger partial charge in [-0.05, 0) is 42.8 Å². The number of hydrogen-bond acceptors (Lipinski definition) is 6. The van der Waals surface area contributed by atoms with Gasteiger partial charge in [0.05, 0.1) is 17.7 Å². The van der Waals surface area contributed by atoms with Crippen LogP contribution in [0, 0.1) is 0 Å². The summed E-state index contributed by atoms with van der Waals surface area (Å²) in [4.78, 5) is 24.9. The van der Waals surface area contributed by atoms with Crippen molar-refractivity contribution >= 4 is 28.0 Å². The van der Waals surface area contributed by atoms with Crippen molar-refractivity contribution in [3.63, 3.8) is 0 Å².